The Bertz CT molecular complexity index is 71.6. The molecular formula is H12CeN2O12. The van der Waals surface area contributed by atoms with Gasteiger partial charge in [-0.05, 0) is 0 Å². The molecule has 0 unspecified atom stereocenters. The second-order valence-electron chi connectivity index (χ2n) is 0.447. The molecule has 0 amide bonds. The van der Waals surface area contributed by atoms with Crippen LogP contribution in [-0.2, 0) is 0 Å². The molecule has 0 rings (SSSR count). The summed E-state index contributed by atoms with van der Waals surface area (Å²) >= 11 is 0. The predicted octanol–water partition coefficient (Wildman–Crippen LogP) is -5.43. The van der Waals surface area contributed by atoms with Crippen molar-refractivity contribution in [1.29, 1.82) is 0 Å². The molecule has 0 radical (unpaired) electrons. The monoisotopic (exact) mass is 372 g/mol. The predicted molar refractivity (Wildman–Crippen MR) is 42.4 cm³/mol. The first-order valence-corrected chi connectivity index (χ1v) is 1.10. The maximum absolute atomic E-state index is 8.25. The first kappa shape index (κ1) is 86.9. The zero-order valence-corrected chi connectivity index (χ0v) is 9.98. The molecule has 0 saturated carbocycles. The first-order valence-electron chi connectivity index (χ1n) is 1.10. The van der Waals surface area contributed by atoms with Crippen molar-refractivity contribution >= 4 is 0 Å². The van der Waals surface area contributed by atoms with Gasteiger partial charge in [0, 0.05) is 0 Å². The summed E-state index contributed by atoms with van der Waals surface area (Å²) in [4.78, 5) is 16.5. The van der Waals surface area contributed by atoms with Gasteiger partial charge < -0.3 is 63.5 Å². The van der Waals surface area contributed by atoms with Crippen molar-refractivity contribution in [2.75, 3.05) is 0 Å². The Kier molecular flexibility index (Phi) is 402. The third-order valence-corrected chi connectivity index (χ3v) is 0. The van der Waals surface area contributed by atoms with E-state index in [2.05, 4.69) is 0 Å². The van der Waals surface area contributed by atoms with Gasteiger partial charge in [0.05, 0.1) is 10.2 Å². The standard InChI is InChI=1S/Ce.2NO3.6H2O/c;2*2-1(3)4;;;;;;/h;;;6*1H2/q+2;2*-1;;;;;;. The molecule has 15 heavy (non-hydrogen) atoms. The molecule has 0 aromatic heterocycles. The molecule has 14 nitrogen and oxygen atoms in total. The maximum atomic E-state index is 8.25. The Morgan fingerprint density at radius 2 is 0.533 bits per heavy atom. The minimum atomic E-state index is -1.75. The van der Waals surface area contributed by atoms with Gasteiger partial charge >= 0.3 is 41.7 Å². The van der Waals surface area contributed by atoms with E-state index in [1.807, 2.05) is 0 Å². The van der Waals surface area contributed by atoms with Gasteiger partial charge in [-0.2, -0.15) is 0 Å². The van der Waals surface area contributed by atoms with Crippen LogP contribution in [0.25, 0.3) is 0 Å². The Morgan fingerprint density at radius 3 is 0.533 bits per heavy atom. The van der Waals surface area contributed by atoms with E-state index in [9.17, 15) is 0 Å². The van der Waals surface area contributed by atoms with Crippen molar-refractivity contribution in [1.82, 2.24) is 0 Å². The van der Waals surface area contributed by atoms with Crippen LogP contribution < -0.4 is 0 Å². The van der Waals surface area contributed by atoms with Crippen molar-refractivity contribution < 1.29 is 84.8 Å². The quantitative estimate of drug-likeness (QED) is 0.294. The summed E-state index contributed by atoms with van der Waals surface area (Å²) in [5.74, 6) is 0. The summed E-state index contributed by atoms with van der Waals surface area (Å²) in [6.07, 6.45) is 0. The molecule has 12 N–H and O–H groups in total. The summed E-state index contributed by atoms with van der Waals surface area (Å²) < 4.78 is 0. The van der Waals surface area contributed by atoms with Crippen molar-refractivity contribution in [3.63, 3.8) is 0 Å². The minimum absolute atomic E-state index is 0. The van der Waals surface area contributed by atoms with Crippen molar-refractivity contribution in [3.05, 3.63) is 30.6 Å². The van der Waals surface area contributed by atoms with Crippen molar-refractivity contribution in [3.8, 4) is 0 Å². The summed E-state index contributed by atoms with van der Waals surface area (Å²) in [6.45, 7) is 0. The van der Waals surface area contributed by atoms with Gasteiger partial charge in [0.1, 0.15) is 0 Å². The maximum Gasteiger partial charge on any atom is 2.00 e. The average molecular weight is 372 g/mol. The number of hydrogen-bond acceptors (Lipinski definition) is 6. The van der Waals surface area contributed by atoms with E-state index < -0.39 is 10.2 Å². The number of nitrogens with zero attached hydrogens (tertiary/aromatic N) is 2. The Labute approximate surface area is 115 Å². The SMILES string of the molecule is O.O.O.O.O.O.O=[N+]([O-])[O-].O=[N+]([O-])[O-].[Ce+2]. The van der Waals surface area contributed by atoms with Gasteiger partial charge in [-0.3, -0.25) is 0 Å². The average Bonchev–Trinajstić information content (AvgIpc) is 1.25. The zero-order valence-electron chi connectivity index (χ0n) is 6.84. The van der Waals surface area contributed by atoms with Crippen LogP contribution in [0.3, 0.4) is 0 Å². The van der Waals surface area contributed by atoms with Crippen LogP contribution in [0.15, 0.2) is 0 Å². The molecule has 0 aliphatic heterocycles. The van der Waals surface area contributed by atoms with Crippen LogP contribution in [0, 0.1) is 72.4 Å². The topological polar surface area (TPSA) is 321 Å². The van der Waals surface area contributed by atoms with E-state index in [0.717, 1.165) is 0 Å². The van der Waals surface area contributed by atoms with Crippen LogP contribution in [0.4, 0.5) is 0 Å². The van der Waals surface area contributed by atoms with Crippen molar-refractivity contribution in [2.45, 2.75) is 0 Å². The van der Waals surface area contributed by atoms with Gasteiger partial charge in [0.15, 0.2) is 0 Å². The molecule has 0 atom stereocenters. The van der Waals surface area contributed by atoms with Gasteiger partial charge in [-0.1, -0.05) is 0 Å². The third kappa shape index (κ3) is 8390. The minimum Gasteiger partial charge on any atom is -0.412 e. The summed E-state index contributed by atoms with van der Waals surface area (Å²) in [5, 5.41) is 29.5. The molecular weight excluding hydrogens is 360 g/mol. The van der Waals surface area contributed by atoms with Crippen LogP contribution in [0.1, 0.15) is 0 Å². The Hall–Kier alpha value is -0.463. The van der Waals surface area contributed by atoms with E-state index in [1.54, 1.807) is 0 Å². The van der Waals surface area contributed by atoms with E-state index in [1.165, 1.54) is 0 Å². The van der Waals surface area contributed by atoms with Gasteiger partial charge in [0.2, 0.25) is 0 Å². The fourth-order valence-electron chi connectivity index (χ4n) is 0. The Morgan fingerprint density at radius 1 is 0.533 bits per heavy atom. The molecule has 0 heterocycles. The smallest absolute Gasteiger partial charge is 0.412 e. The molecule has 0 aliphatic carbocycles. The normalized spacial score (nSPS) is 3.20. The fraction of sp³-hybridized carbons (Fsp3) is 0. The fourth-order valence-corrected chi connectivity index (χ4v) is 0. The Balaban J connectivity index is -0.00000000468. The van der Waals surface area contributed by atoms with Gasteiger partial charge in [0.25, 0.3) is 0 Å². The van der Waals surface area contributed by atoms with Gasteiger partial charge in [-0.15, -0.1) is 0 Å². The molecule has 15 heteroatoms. The molecule has 0 fully saturated rings. The second kappa shape index (κ2) is 69.4. The summed E-state index contributed by atoms with van der Waals surface area (Å²) in [5.41, 5.74) is 0. The molecule has 0 bridgehead atoms. The molecule has 0 aliphatic rings. The van der Waals surface area contributed by atoms with Crippen LogP contribution in [-0.4, -0.2) is 43.0 Å². The molecule has 0 saturated heterocycles. The number of hydrogen-bond donors (Lipinski definition) is 0. The first-order chi connectivity index (χ1) is 3.46. The zero-order chi connectivity index (χ0) is 7.15. The van der Waals surface area contributed by atoms with E-state index in [-0.39, 0.29) is 74.6 Å². The largest absolute Gasteiger partial charge is 2.00 e. The van der Waals surface area contributed by atoms with Crippen molar-refractivity contribution in [2.24, 2.45) is 0 Å². The van der Waals surface area contributed by atoms with E-state index in [4.69, 9.17) is 30.6 Å². The second-order valence-corrected chi connectivity index (χ2v) is 0.447. The molecule has 0 aromatic carbocycles. The molecule has 98 valence electrons. The molecule has 0 spiro atoms. The summed E-state index contributed by atoms with van der Waals surface area (Å²) in [6, 6.07) is 0. The van der Waals surface area contributed by atoms with E-state index in [0.29, 0.717) is 0 Å². The van der Waals surface area contributed by atoms with Gasteiger partial charge in [-0.25, -0.2) is 0 Å². The summed E-state index contributed by atoms with van der Waals surface area (Å²) in [7, 11) is 0. The molecule has 0 aromatic rings. The van der Waals surface area contributed by atoms with Crippen LogP contribution in [0.5, 0.6) is 0 Å². The number of rotatable bonds is 0. The van der Waals surface area contributed by atoms with Crippen LogP contribution >= 0.6 is 0 Å². The van der Waals surface area contributed by atoms with E-state index >= 15 is 0 Å². The van der Waals surface area contributed by atoms with Crippen LogP contribution in [0.2, 0.25) is 0 Å². The third-order valence-electron chi connectivity index (χ3n) is 0.